The van der Waals surface area contributed by atoms with E-state index in [-0.39, 0.29) is 30.8 Å². The maximum atomic E-state index is 13.1. The van der Waals surface area contributed by atoms with Gasteiger partial charge in [-0.25, -0.2) is 4.39 Å². The molecule has 3 aromatic rings. The molecule has 0 atom stereocenters. The fraction of sp³-hybridized carbons (Fsp3) is 0.174. The number of carbonyl (C=O) groups excluding carboxylic acids is 2. The number of aryl methyl sites for hydroxylation is 1. The second kappa shape index (κ2) is 8.45. The summed E-state index contributed by atoms with van der Waals surface area (Å²) in [5.41, 5.74) is 1.79. The topological polar surface area (TPSA) is 80.3 Å². The maximum Gasteiger partial charge on any atom is 0.255 e. The Bertz CT molecular complexity index is 1150. The average molecular weight is 440 g/mol. The van der Waals surface area contributed by atoms with Gasteiger partial charge in [0.25, 0.3) is 5.91 Å². The molecule has 0 unspecified atom stereocenters. The normalized spacial score (nSPS) is 14.4. The van der Waals surface area contributed by atoms with Gasteiger partial charge in [-0.05, 0) is 61.0 Å². The van der Waals surface area contributed by atoms with E-state index in [1.165, 1.54) is 30.5 Å². The monoisotopic (exact) mass is 439 g/mol. The van der Waals surface area contributed by atoms with Gasteiger partial charge in [-0.2, -0.15) is 0 Å². The fourth-order valence-electron chi connectivity index (χ4n) is 3.26. The van der Waals surface area contributed by atoms with Gasteiger partial charge < -0.3 is 15.4 Å². The largest absolute Gasteiger partial charge is 0.378 e. The molecule has 0 bridgehead atoms. The molecule has 0 saturated carbocycles. The predicted molar refractivity (Wildman–Crippen MR) is 116 cm³/mol. The van der Waals surface area contributed by atoms with Crippen molar-refractivity contribution in [3.63, 3.8) is 0 Å². The van der Waals surface area contributed by atoms with Crippen molar-refractivity contribution in [2.45, 2.75) is 12.3 Å². The highest BCUT2D eigenvalue weighted by Crippen LogP contribution is 2.34. The first kappa shape index (κ1) is 21.0. The van der Waals surface area contributed by atoms with Crippen LogP contribution in [0.3, 0.4) is 0 Å². The third-order valence-corrected chi connectivity index (χ3v) is 5.40. The van der Waals surface area contributed by atoms with Crippen LogP contribution in [0.1, 0.15) is 21.6 Å². The first-order chi connectivity index (χ1) is 14.9. The van der Waals surface area contributed by atoms with E-state index in [4.69, 9.17) is 16.3 Å². The number of rotatable bonds is 5. The summed E-state index contributed by atoms with van der Waals surface area (Å²) in [6, 6.07) is 13.9. The number of ether oxygens (including phenoxy) is 1. The van der Waals surface area contributed by atoms with Crippen molar-refractivity contribution >= 4 is 34.8 Å². The third-order valence-electron chi connectivity index (χ3n) is 5.17. The Balaban J connectivity index is 1.53. The molecule has 2 aromatic carbocycles. The highest BCUT2D eigenvalue weighted by molar-refractivity contribution is 6.31. The predicted octanol–water partition coefficient (Wildman–Crippen LogP) is 4.34. The van der Waals surface area contributed by atoms with Gasteiger partial charge in [0.15, 0.2) is 0 Å². The van der Waals surface area contributed by atoms with Crippen LogP contribution in [0.5, 0.6) is 0 Å². The molecule has 0 radical (unpaired) electrons. The number of nitrogens with zero attached hydrogens (tertiary/aromatic N) is 1. The van der Waals surface area contributed by atoms with Crippen molar-refractivity contribution in [2.75, 3.05) is 23.8 Å². The lowest BCUT2D eigenvalue weighted by molar-refractivity contribution is -0.140. The number of nitrogens with one attached hydrogen (secondary N) is 2. The van der Waals surface area contributed by atoms with E-state index in [2.05, 4.69) is 15.6 Å². The van der Waals surface area contributed by atoms with Gasteiger partial charge in [-0.15, -0.1) is 0 Å². The molecule has 1 aliphatic rings. The van der Waals surface area contributed by atoms with Crippen LogP contribution < -0.4 is 10.6 Å². The molecule has 8 heteroatoms. The Morgan fingerprint density at radius 2 is 1.84 bits per heavy atom. The van der Waals surface area contributed by atoms with Crippen LogP contribution in [-0.4, -0.2) is 30.0 Å². The molecule has 4 rings (SSSR count). The minimum Gasteiger partial charge on any atom is -0.378 e. The van der Waals surface area contributed by atoms with Gasteiger partial charge in [0.1, 0.15) is 11.2 Å². The van der Waals surface area contributed by atoms with Gasteiger partial charge in [0.05, 0.1) is 30.8 Å². The van der Waals surface area contributed by atoms with Crippen molar-refractivity contribution in [2.24, 2.45) is 0 Å². The van der Waals surface area contributed by atoms with Gasteiger partial charge in [0.2, 0.25) is 5.91 Å². The molecule has 2 heterocycles. The summed E-state index contributed by atoms with van der Waals surface area (Å²) in [6.45, 7) is 2.19. The van der Waals surface area contributed by atoms with Crippen molar-refractivity contribution in [3.05, 3.63) is 88.5 Å². The van der Waals surface area contributed by atoms with E-state index in [1.54, 1.807) is 30.3 Å². The van der Waals surface area contributed by atoms with E-state index < -0.39 is 5.41 Å². The minimum absolute atomic E-state index is 0.181. The lowest BCUT2D eigenvalue weighted by Gasteiger charge is -2.39. The van der Waals surface area contributed by atoms with E-state index in [1.807, 2.05) is 6.92 Å². The second-order valence-electron chi connectivity index (χ2n) is 7.38. The average Bonchev–Trinajstić information content (AvgIpc) is 2.71. The van der Waals surface area contributed by atoms with Crippen LogP contribution in [0, 0.1) is 12.7 Å². The standard InChI is InChI=1S/C23H19ClFN3O3/c1-14-9-20(26-11-19(14)28-21(29)15-3-2-4-16(24)10-15)23(12-31-13-23)22(30)27-18-7-5-17(25)6-8-18/h2-11H,12-13H2,1H3,(H,27,30)(H,28,29). The number of carbonyl (C=O) groups is 2. The number of hydrogen-bond acceptors (Lipinski definition) is 4. The lowest BCUT2D eigenvalue weighted by atomic mass is 9.80. The number of anilines is 2. The van der Waals surface area contributed by atoms with Crippen LogP contribution >= 0.6 is 11.6 Å². The number of halogens is 2. The smallest absolute Gasteiger partial charge is 0.255 e. The number of amides is 2. The molecule has 158 valence electrons. The molecule has 2 amide bonds. The summed E-state index contributed by atoms with van der Waals surface area (Å²) >= 11 is 5.95. The zero-order valence-corrected chi connectivity index (χ0v) is 17.4. The SMILES string of the molecule is Cc1cc(C2(C(=O)Nc3ccc(F)cc3)COC2)ncc1NC(=O)c1cccc(Cl)c1. The summed E-state index contributed by atoms with van der Waals surface area (Å²) in [6.07, 6.45) is 1.53. The van der Waals surface area contributed by atoms with Crippen molar-refractivity contribution in [1.82, 2.24) is 4.98 Å². The number of hydrogen-bond donors (Lipinski definition) is 2. The van der Waals surface area contributed by atoms with Gasteiger partial charge in [-0.3, -0.25) is 14.6 Å². The molecule has 31 heavy (non-hydrogen) atoms. The molecule has 0 aliphatic carbocycles. The lowest BCUT2D eigenvalue weighted by Crippen LogP contribution is -2.56. The Kier molecular flexibility index (Phi) is 5.71. The maximum absolute atomic E-state index is 13.1. The molecule has 6 nitrogen and oxygen atoms in total. The Morgan fingerprint density at radius 1 is 1.10 bits per heavy atom. The molecule has 1 saturated heterocycles. The first-order valence-corrected chi connectivity index (χ1v) is 9.94. The van der Waals surface area contributed by atoms with Crippen LogP contribution in [0.15, 0.2) is 60.8 Å². The van der Waals surface area contributed by atoms with E-state index >= 15 is 0 Å². The second-order valence-corrected chi connectivity index (χ2v) is 7.82. The van der Waals surface area contributed by atoms with Crippen molar-refractivity contribution in [3.8, 4) is 0 Å². The third kappa shape index (κ3) is 4.28. The van der Waals surface area contributed by atoms with Crippen LogP contribution in [0.2, 0.25) is 5.02 Å². The summed E-state index contributed by atoms with van der Waals surface area (Å²) < 4.78 is 18.5. The highest BCUT2D eigenvalue weighted by Gasteiger charge is 2.49. The van der Waals surface area contributed by atoms with Crippen LogP contribution in [0.25, 0.3) is 0 Å². The highest BCUT2D eigenvalue weighted by atomic mass is 35.5. The molecule has 1 fully saturated rings. The number of aromatic nitrogens is 1. The summed E-state index contributed by atoms with van der Waals surface area (Å²) in [5.74, 6) is -0.976. The summed E-state index contributed by atoms with van der Waals surface area (Å²) in [7, 11) is 0. The molecular formula is C23H19ClFN3O3. The Labute approximate surface area is 183 Å². The van der Waals surface area contributed by atoms with Gasteiger partial charge in [-0.1, -0.05) is 17.7 Å². The Morgan fingerprint density at radius 3 is 2.45 bits per heavy atom. The van der Waals surface area contributed by atoms with Crippen LogP contribution in [0.4, 0.5) is 15.8 Å². The molecule has 0 spiro atoms. The van der Waals surface area contributed by atoms with Gasteiger partial charge in [0, 0.05) is 16.3 Å². The molecule has 1 aromatic heterocycles. The first-order valence-electron chi connectivity index (χ1n) is 9.56. The molecule has 1 aliphatic heterocycles. The Hall–Kier alpha value is -3.29. The van der Waals surface area contributed by atoms with E-state index in [9.17, 15) is 14.0 Å². The van der Waals surface area contributed by atoms with Gasteiger partial charge >= 0.3 is 0 Å². The quantitative estimate of drug-likeness (QED) is 0.619. The van der Waals surface area contributed by atoms with E-state index in [0.29, 0.717) is 27.7 Å². The summed E-state index contributed by atoms with van der Waals surface area (Å²) in [5, 5.41) is 6.08. The summed E-state index contributed by atoms with van der Waals surface area (Å²) in [4.78, 5) is 29.9. The minimum atomic E-state index is -0.950. The fourth-order valence-corrected chi connectivity index (χ4v) is 3.45. The number of pyridine rings is 1. The zero-order valence-electron chi connectivity index (χ0n) is 16.6. The number of benzene rings is 2. The van der Waals surface area contributed by atoms with Crippen molar-refractivity contribution in [1.29, 1.82) is 0 Å². The van der Waals surface area contributed by atoms with Crippen LogP contribution in [-0.2, 0) is 14.9 Å². The van der Waals surface area contributed by atoms with E-state index in [0.717, 1.165) is 5.56 Å². The molecule has 2 N–H and O–H groups in total. The van der Waals surface area contributed by atoms with Crippen molar-refractivity contribution < 1.29 is 18.7 Å². The zero-order chi connectivity index (χ0) is 22.0. The molecular weight excluding hydrogens is 421 g/mol.